The molecule has 0 radical (unpaired) electrons. The summed E-state index contributed by atoms with van der Waals surface area (Å²) in [4.78, 5) is 12.8. The van der Waals surface area contributed by atoms with Crippen molar-refractivity contribution in [2.45, 2.75) is 25.7 Å². The average molecular weight is 244 g/mol. The van der Waals surface area contributed by atoms with Crippen LogP contribution in [-0.2, 0) is 14.3 Å². The second-order valence-corrected chi connectivity index (χ2v) is 4.34. The highest BCUT2D eigenvalue weighted by molar-refractivity contribution is 5.73. The van der Waals surface area contributed by atoms with Crippen LogP contribution in [0.25, 0.3) is 0 Å². The zero-order chi connectivity index (χ0) is 12.3. The molecule has 1 amide bonds. The zero-order valence-electron chi connectivity index (χ0n) is 10.5. The van der Waals surface area contributed by atoms with Crippen molar-refractivity contribution in [1.29, 1.82) is 0 Å². The summed E-state index contributed by atoms with van der Waals surface area (Å²) >= 11 is 0. The van der Waals surface area contributed by atoms with E-state index in [0.29, 0.717) is 6.42 Å². The molecule has 0 saturated carbocycles. The van der Waals surface area contributed by atoms with E-state index in [9.17, 15) is 4.79 Å². The summed E-state index contributed by atoms with van der Waals surface area (Å²) in [5.74, 6) is -0.210. The maximum atomic E-state index is 10.5. The van der Waals surface area contributed by atoms with Gasteiger partial charge < -0.3 is 15.2 Å². The molecular formula is C12H24N2O3. The van der Waals surface area contributed by atoms with Crippen LogP contribution in [0.2, 0.25) is 0 Å². The standard InChI is InChI=1S/C12H24N2O3/c13-12(15)4-2-1-3-8-16-9-5-14-6-10-17-11-7-14/h1-11H2,(H2,13,15). The minimum absolute atomic E-state index is 0.210. The average Bonchev–Trinajstić information content (AvgIpc) is 2.33. The van der Waals surface area contributed by atoms with E-state index >= 15 is 0 Å². The summed E-state index contributed by atoms with van der Waals surface area (Å²) in [7, 11) is 0. The van der Waals surface area contributed by atoms with E-state index in [0.717, 1.165) is 65.3 Å². The lowest BCUT2D eigenvalue weighted by Crippen LogP contribution is -2.38. The predicted octanol–water partition coefficient (Wildman–Crippen LogP) is 0.381. The molecule has 0 aliphatic carbocycles. The van der Waals surface area contributed by atoms with Crippen molar-refractivity contribution in [3.05, 3.63) is 0 Å². The van der Waals surface area contributed by atoms with Crippen LogP contribution in [-0.4, -0.2) is 56.9 Å². The highest BCUT2D eigenvalue weighted by Gasteiger charge is 2.08. The number of carbonyl (C=O) groups excluding carboxylic acids is 1. The SMILES string of the molecule is NC(=O)CCCCCOCCN1CCOCC1. The molecule has 5 nitrogen and oxygen atoms in total. The summed E-state index contributed by atoms with van der Waals surface area (Å²) in [6.07, 6.45) is 3.40. The number of carbonyl (C=O) groups is 1. The normalized spacial score (nSPS) is 17.2. The first kappa shape index (κ1) is 14.4. The summed E-state index contributed by atoms with van der Waals surface area (Å²) in [5.41, 5.74) is 5.05. The number of nitrogens with zero attached hydrogens (tertiary/aromatic N) is 1. The second-order valence-electron chi connectivity index (χ2n) is 4.34. The minimum Gasteiger partial charge on any atom is -0.380 e. The molecule has 2 N–H and O–H groups in total. The van der Waals surface area contributed by atoms with Crippen LogP contribution in [0, 0.1) is 0 Å². The highest BCUT2D eigenvalue weighted by atomic mass is 16.5. The summed E-state index contributed by atoms with van der Waals surface area (Å²) in [6.45, 7) is 6.27. The number of hydrogen-bond donors (Lipinski definition) is 1. The van der Waals surface area contributed by atoms with Crippen molar-refractivity contribution >= 4 is 5.91 Å². The molecule has 0 aromatic heterocycles. The Bertz CT molecular complexity index is 206. The van der Waals surface area contributed by atoms with Crippen molar-refractivity contribution < 1.29 is 14.3 Å². The number of nitrogens with two attached hydrogens (primary N) is 1. The van der Waals surface area contributed by atoms with E-state index in [1.165, 1.54) is 0 Å². The largest absolute Gasteiger partial charge is 0.380 e. The fourth-order valence-electron chi connectivity index (χ4n) is 1.80. The summed E-state index contributed by atoms with van der Waals surface area (Å²) in [6, 6.07) is 0. The second kappa shape index (κ2) is 9.39. The van der Waals surface area contributed by atoms with E-state index in [1.807, 2.05) is 0 Å². The number of ether oxygens (including phenoxy) is 2. The van der Waals surface area contributed by atoms with Gasteiger partial charge in [-0.15, -0.1) is 0 Å². The predicted molar refractivity (Wildman–Crippen MR) is 65.7 cm³/mol. The lowest BCUT2D eigenvalue weighted by Gasteiger charge is -2.26. The van der Waals surface area contributed by atoms with Gasteiger partial charge in [0.05, 0.1) is 19.8 Å². The Labute approximate surface area is 103 Å². The molecule has 100 valence electrons. The number of hydrogen-bond acceptors (Lipinski definition) is 4. The topological polar surface area (TPSA) is 64.8 Å². The van der Waals surface area contributed by atoms with Gasteiger partial charge in [0.15, 0.2) is 0 Å². The molecule has 17 heavy (non-hydrogen) atoms. The molecule has 1 saturated heterocycles. The summed E-state index contributed by atoms with van der Waals surface area (Å²) in [5, 5.41) is 0. The van der Waals surface area contributed by atoms with Gasteiger partial charge in [0.2, 0.25) is 5.91 Å². The van der Waals surface area contributed by atoms with E-state index in [2.05, 4.69) is 4.90 Å². The fraction of sp³-hybridized carbons (Fsp3) is 0.917. The molecule has 1 aliphatic heterocycles. The van der Waals surface area contributed by atoms with Crippen molar-refractivity contribution in [2.24, 2.45) is 5.73 Å². The lowest BCUT2D eigenvalue weighted by molar-refractivity contribution is -0.118. The van der Waals surface area contributed by atoms with E-state index in [-0.39, 0.29) is 5.91 Å². The molecule has 5 heteroatoms. The van der Waals surface area contributed by atoms with E-state index in [4.69, 9.17) is 15.2 Å². The van der Waals surface area contributed by atoms with Gasteiger partial charge in [-0.1, -0.05) is 6.42 Å². The van der Waals surface area contributed by atoms with Crippen LogP contribution in [0.4, 0.5) is 0 Å². The third kappa shape index (κ3) is 8.12. The lowest BCUT2D eigenvalue weighted by atomic mass is 10.2. The monoisotopic (exact) mass is 244 g/mol. The molecule has 1 heterocycles. The Morgan fingerprint density at radius 3 is 2.65 bits per heavy atom. The molecule has 0 aromatic rings. The Morgan fingerprint density at radius 1 is 1.18 bits per heavy atom. The number of primary amides is 1. The highest BCUT2D eigenvalue weighted by Crippen LogP contribution is 2.00. The molecule has 1 aliphatic rings. The first-order valence-corrected chi connectivity index (χ1v) is 6.45. The molecule has 1 fully saturated rings. The van der Waals surface area contributed by atoms with Gasteiger partial charge in [-0.2, -0.15) is 0 Å². The smallest absolute Gasteiger partial charge is 0.217 e. The first-order chi connectivity index (χ1) is 8.29. The maximum absolute atomic E-state index is 10.5. The van der Waals surface area contributed by atoms with Crippen LogP contribution in [0.5, 0.6) is 0 Å². The van der Waals surface area contributed by atoms with Gasteiger partial charge in [-0.3, -0.25) is 9.69 Å². The minimum atomic E-state index is -0.210. The first-order valence-electron chi connectivity index (χ1n) is 6.45. The van der Waals surface area contributed by atoms with Crippen molar-refractivity contribution in [3.8, 4) is 0 Å². The van der Waals surface area contributed by atoms with E-state index in [1.54, 1.807) is 0 Å². The third-order valence-corrected chi connectivity index (χ3v) is 2.87. The zero-order valence-corrected chi connectivity index (χ0v) is 10.5. The maximum Gasteiger partial charge on any atom is 0.217 e. The number of amides is 1. The van der Waals surface area contributed by atoms with Crippen LogP contribution in [0.15, 0.2) is 0 Å². The molecule has 0 spiro atoms. The van der Waals surface area contributed by atoms with Crippen molar-refractivity contribution in [3.63, 3.8) is 0 Å². The van der Waals surface area contributed by atoms with E-state index < -0.39 is 0 Å². The van der Waals surface area contributed by atoms with Crippen molar-refractivity contribution in [2.75, 3.05) is 46.1 Å². The van der Waals surface area contributed by atoms with Crippen LogP contribution in [0.1, 0.15) is 25.7 Å². The van der Waals surface area contributed by atoms with Gasteiger partial charge in [0, 0.05) is 32.7 Å². The van der Waals surface area contributed by atoms with Gasteiger partial charge >= 0.3 is 0 Å². The molecule has 0 aromatic carbocycles. The number of morpholine rings is 1. The van der Waals surface area contributed by atoms with Gasteiger partial charge in [-0.05, 0) is 12.8 Å². The van der Waals surface area contributed by atoms with Crippen LogP contribution >= 0.6 is 0 Å². The number of unbranched alkanes of at least 4 members (excludes halogenated alkanes) is 2. The fourth-order valence-corrected chi connectivity index (χ4v) is 1.80. The van der Waals surface area contributed by atoms with Crippen molar-refractivity contribution in [1.82, 2.24) is 4.90 Å². The third-order valence-electron chi connectivity index (χ3n) is 2.87. The quantitative estimate of drug-likeness (QED) is 0.596. The van der Waals surface area contributed by atoms with Crippen LogP contribution in [0.3, 0.4) is 0 Å². The molecule has 0 bridgehead atoms. The Balaban J connectivity index is 1.79. The Morgan fingerprint density at radius 2 is 1.94 bits per heavy atom. The van der Waals surface area contributed by atoms with Gasteiger partial charge in [0.25, 0.3) is 0 Å². The molecule has 0 atom stereocenters. The molecular weight excluding hydrogens is 220 g/mol. The number of rotatable bonds is 9. The van der Waals surface area contributed by atoms with Gasteiger partial charge in [-0.25, -0.2) is 0 Å². The molecule has 0 unspecified atom stereocenters. The Kier molecular flexibility index (Phi) is 7.96. The van der Waals surface area contributed by atoms with Gasteiger partial charge in [0.1, 0.15) is 0 Å². The van der Waals surface area contributed by atoms with Crippen LogP contribution < -0.4 is 5.73 Å². The Hall–Kier alpha value is -0.650. The molecule has 1 rings (SSSR count). The summed E-state index contributed by atoms with van der Waals surface area (Å²) < 4.78 is 10.8.